The zero-order chi connectivity index (χ0) is 15.4. The lowest BCUT2D eigenvalue weighted by Crippen LogP contribution is -1.94. The summed E-state index contributed by atoms with van der Waals surface area (Å²) in [7, 11) is 0. The third kappa shape index (κ3) is 1.85. The minimum atomic E-state index is 1.03. The van der Waals surface area contributed by atoms with Crippen molar-refractivity contribution in [1.29, 1.82) is 0 Å². The molecule has 1 N–H and O–H groups in total. The van der Waals surface area contributed by atoms with Crippen LogP contribution in [0.1, 0.15) is 0 Å². The minimum absolute atomic E-state index is 1.03. The number of H-pyrrole nitrogens is 1. The van der Waals surface area contributed by atoms with E-state index in [1.807, 2.05) is 30.5 Å². The monoisotopic (exact) mass is 361 g/mol. The smallest absolute Gasteiger partial charge is 0.0825 e. The summed E-state index contributed by atoms with van der Waals surface area (Å²) >= 11 is 3.55. The van der Waals surface area contributed by atoms with Gasteiger partial charge in [-0.25, -0.2) is 4.98 Å². The molecule has 0 spiro atoms. The van der Waals surface area contributed by atoms with Crippen molar-refractivity contribution in [3.63, 3.8) is 0 Å². The highest BCUT2D eigenvalue weighted by Crippen LogP contribution is 2.33. The van der Waals surface area contributed by atoms with Crippen LogP contribution in [0.4, 0.5) is 0 Å². The molecule has 5 rings (SSSR count). The Kier molecular flexibility index (Phi) is 2.64. The normalized spacial score (nSPS) is 11.7. The van der Waals surface area contributed by atoms with Crippen LogP contribution in [-0.4, -0.2) is 14.8 Å². The minimum Gasteiger partial charge on any atom is -0.300 e. The van der Waals surface area contributed by atoms with Crippen LogP contribution in [-0.2, 0) is 0 Å². The Labute approximate surface area is 140 Å². The van der Waals surface area contributed by atoms with Gasteiger partial charge in [0.15, 0.2) is 0 Å². The summed E-state index contributed by atoms with van der Waals surface area (Å²) in [4.78, 5) is 4.84. The standard InChI is InChI=1S/C19H12BrN3/c20-12-6-8-17-15(10-12)14-7-9-18-16(19(14)22-17)11-21-23(18)13-4-2-1-3-5-13/h1-11,21H. The van der Waals surface area contributed by atoms with E-state index in [0.717, 1.165) is 32.1 Å². The molecule has 0 aliphatic rings. The lowest BCUT2D eigenvalue weighted by atomic mass is 10.1. The van der Waals surface area contributed by atoms with Gasteiger partial charge in [-0.05, 0) is 42.5 Å². The van der Waals surface area contributed by atoms with E-state index in [0.29, 0.717) is 0 Å². The second-order valence-electron chi connectivity index (χ2n) is 5.61. The summed E-state index contributed by atoms with van der Waals surface area (Å²) in [6, 6.07) is 20.8. The van der Waals surface area contributed by atoms with Crippen molar-refractivity contribution in [1.82, 2.24) is 14.8 Å². The molecule has 5 aromatic rings. The van der Waals surface area contributed by atoms with Crippen LogP contribution in [0.5, 0.6) is 0 Å². The van der Waals surface area contributed by atoms with Gasteiger partial charge < -0.3 is 5.10 Å². The highest BCUT2D eigenvalue weighted by Gasteiger charge is 2.12. The number of nitrogens with one attached hydrogen (secondary N) is 1. The highest BCUT2D eigenvalue weighted by molar-refractivity contribution is 9.10. The van der Waals surface area contributed by atoms with Gasteiger partial charge in [-0.1, -0.05) is 34.1 Å². The molecule has 2 aromatic heterocycles. The van der Waals surface area contributed by atoms with Crippen LogP contribution in [0.15, 0.2) is 71.3 Å². The average molecular weight is 362 g/mol. The van der Waals surface area contributed by atoms with Gasteiger partial charge in [0.05, 0.1) is 22.2 Å². The van der Waals surface area contributed by atoms with E-state index in [1.54, 1.807) is 0 Å². The van der Waals surface area contributed by atoms with Crippen LogP contribution in [0.2, 0.25) is 0 Å². The van der Waals surface area contributed by atoms with Crippen LogP contribution < -0.4 is 0 Å². The van der Waals surface area contributed by atoms with E-state index in [4.69, 9.17) is 4.98 Å². The molecule has 0 aliphatic heterocycles. The van der Waals surface area contributed by atoms with Crippen LogP contribution in [0, 0.1) is 0 Å². The number of fused-ring (bicyclic) bond motifs is 5. The van der Waals surface area contributed by atoms with Gasteiger partial charge in [0.2, 0.25) is 0 Å². The lowest BCUT2D eigenvalue weighted by Gasteiger charge is -2.04. The molecule has 0 atom stereocenters. The van der Waals surface area contributed by atoms with Crippen molar-refractivity contribution >= 4 is 48.6 Å². The number of aromatic nitrogens is 3. The number of hydrogen-bond acceptors (Lipinski definition) is 1. The predicted octanol–water partition coefficient (Wildman–Crippen LogP) is 5.42. The zero-order valence-electron chi connectivity index (χ0n) is 12.1. The van der Waals surface area contributed by atoms with Crippen molar-refractivity contribution in [3.05, 3.63) is 71.3 Å². The molecule has 0 saturated heterocycles. The molecule has 0 aliphatic carbocycles. The Morgan fingerprint density at radius 1 is 0.870 bits per heavy atom. The van der Waals surface area contributed by atoms with Gasteiger partial charge in [0.25, 0.3) is 0 Å². The first-order chi connectivity index (χ1) is 11.3. The third-order valence-corrected chi connectivity index (χ3v) is 4.76. The first-order valence-corrected chi connectivity index (χ1v) is 8.24. The molecule has 110 valence electrons. The summed E-state index contributed by atoms with van der Waals surface area (Å²) in [6.07, 6.45) is 2.03. The molecule has 0 saturated carbocycles. The van der Waals surface area contributed by atoms with Gasteiger partial charge in [0.1, 0.15) is 0 Å². The summed E-state index contributed by atoms with van der Waals surface area (Å²) in [5, 5.41) is 6.85. The SMILES string of the molecule is Brc1ccc2nc3c(ccc4c3c[nH]n4-c3ccccc3)c2c1. The molecule has 0 amide bonds. The zero-order valence-corrected chi connectivity index (χ0v) is 13.7. The fourth-order valence-corrected chi connectivity index (χ4v) is 3.56. The largest absolute Gasteiger partial charge is 0.300 e. The van der Waals surface area contributed by atoms with E-state index in [9.17, 15) is 0 Å². The molecule has 3 nitrogen and oxygen atoms in total. The predicted molar refractivity (Wildman–Crippen MR) is 98.1 cm³/mol. The Morgan fingerprint density at radius 2 is 1.74 bits per heavy atom. The van der Waals surface area contributed by atoms with Crippen LogP contribution >= 0.6 is 15.9 Å². The average Bonchev–Trinajstić information content (AvgIpc) is 3.16. The van der Waals surface area contributed by atoms with Crippen molar-refractivity contribution in [2.45, 2.75) is 0 Å². The first kappa shape index (κ1) is 12.9. The van der Waals surface area contributed by atoms with Gasteiger partial charge >= 0.3 is 0 Å². The molecule has 0 unspecified atom stereocenters. The molecule has 0 radical (unpaired) electrons. The first-order valence-electron chi connectivity index (χ1n) is 7.44. The fraction of sp³-hybridized carbons (Fsp3) is 0. The molecular weight excluding hydrogens is 350 g/mol. The van der Waals surface area contributed by atoms with Crippen molar-refractivity contribution in [2.24, 2.45) is 0 Å². The lowest BCUT2D eigenvalue weighted by molar-refractivity contribution is 0.911. The van der Waals surface area contributed by atoms with Gasteiger partial charge in [-0.2, -0.15) is 0 Å². The number of aromatic amines is 1. The third-order valence-electron chi connectivity index (χ3n) is 4.27. The quantitative estimate of drug-likeness (QED) is 0.424. The molecule has 3 aromatic carbocycles. The van der Waals surface area contributed by atoms with Gasteiger partial charge in [0, 0.05) is 26.8 Å². The fourth-order valence-electron chi connectivity index (χ4n) is 3.20. The Hall–Kier alpha value is -2.59. The molecule has 0 fully saturated rings. The maximum absolute atomic E-state index is 4.84. The summed E-state index contributed by atoms with van der Waals surface area (Å²) in [5.41, 5.74) is 4.32. The molecular formula is C19H12BrN3. The van der Waals surface area contributed by atoms with E-state index >= 15 is 0 Å². The summed E-state index contributed by atoms with van der Waals surface area (Å²) < 4.78 is 3.16. The van der Waals surface area contributed by atoms with Crippen LogP contribution in [0.3, 0.4) is 0 Å². The van der Waals surface area contributed by atoms with E-state index in [2.05, 4.69) is 62.1 Å². The molecule has 2 heterocycles. The van der Waals surface area contributed by atoms with Crippen molar-refractivity contribution in [3.8, 4) is 5.69 Å². The molecule has 4 heteroatoms. The maximum Gasteiger partial charge on any atom is 0.0825 e. The maximum atomic E-state index is 4.84. The summed E-state index contributed by atoms with van der Waals surface area (Å²) in [5.74, 6) is 0. The van der Waals surface area contributed by atoms with Gasteiger partial charge in [-0.15, -0.1) is 0 Å². The van der Waals surface area contributed by atoms with Crippen molar-refractivity contribution in [2.75, 3.05) is 0 Å². The number of para-hydroxylation sites is 1. The van der Waals surface area contributed by atoms with E-state index in [-0.39, 0.29) is 0 Å². The number of nitrogens with zero attached hydrogens (tertiary/aromatic N) is 2. The Morgan fingerprint density at radius 3 is 2.61 bits per heavy atom. The Balaban J connectivity index is 1.88. The number of rotatable bonds is 1. The molecule has 0 bridgehead atoms. The Bertz CT molecular complexity index is 1170. The number of halogens is 1. The molecule has 23 heavy (non-hydrogen) atoms. The van der Waals surface area contributed by atoms with Crippen LogP contribution in [0.25, 0.3) is 38.4 Å². The number of hydrogen-bond donors (Lipinski definition) is 1. The number of benzene rings is 3. The second kappa shape index (κ2) is 4.70. The second-order valence-corrected chi connectivity index (χ2v) is 6.53. The van der Waals surface area contributed by atoms with E-state index < -0.39 is 0 Å². The highest BCUT2D eigenvalue weighted by atomic mass is 79.9. The van der Waals surface area contributed by atoms with Gasteiger partial charge in [-0.3, -0.25) is 4.68 Å². The topological polar surface area (TPSA) is 33.6 Å². The van der Waals surface area contributed by atoms with Crippen molar-refractivity contribution < 1.29 is 0 Å². The van der Waals surface area contributed by atoms with E-state index in [1.165, 1.54) is 10.8 Å². The summed E-state index contributed by atoms with van der Waals surface area (Å²) in [6.45, 7) is 0.